The second-order valence-electron chi connectivity index (χ2n) is 7.84. The smallest absolute Gasteiger partial charge is 0.243 e. The van der Waals surface area contributed by atoms with Gasteiger partial charge in [-0.1, -0.05) is 73.5 Å². The van der Waals surface area contributed by atoms with Crippen molar-refractivity contribution >= 4 is 23.4 Å². The third kappa shape index (κ3) is 6.88. The van der Waals surface area contributed by atoms with Gasteiger partial charge in [-0.05, 0) is 50.3 Å². The first-order chi connectivity index (χ1) is 14.3. The average Bonchev–Trinajstić information content (AvgIpc) is 2.74. The van der Waals surface area contributed by atoms with Gasteiger partial charge in [0.1, 0.15) is 6.04 Å². The third-order valence-electron chi connectivity index (χ3n) is 5.43. The number of carbonyl (C=O) groups excluding carboxylic acids is 2. The number of aryl methyl sites for hydroxylation is 2. The molecule has 0 fully saturated rings. The lowest BCUT2D eigenvalue weighted by molar-refractivity contribution is -0.141. The molecule has 162 valence electrons. The molecule has 2 atom stereocenters. The van der Waals surface area contributed by atoms with E-state index in [2.05, 4.69) is 5.32 Å². The number of benzene rings is 2. The first kappa shape index (κ1) is 23.9. The fourth-order valence-electron chi connectivity index (χ4n) is 3.34. The van der Waals surface area contributed by atoms with Crippen LogP contribution in [0.1, 0.15) is 56.7 Å². The molecule has 2 amide bonds. The Labute approximate surface area is 185 Å². The van der Waals surface area contributed by atoms with Gasteiger partial charge in [-0.15, -0.1) is 0 Å². The number of amides is 2. The summed E-state index contributed by atoms with van der Waals surface area (Å²) in [7, 11) is 0. The quantitative estimate of drug-likeness (QED) is 0.558. The lowest BCUT2D eigenvalue weighted by atomic mass is 10.1. The molecule has 0 saturated carbocycles. The Balaban J connectivity index is 2.21. The number of nitrogens with zero attached hydrogens (tertiary/aromatic N) is 1. The predicted molar refractivity (Wildman–Crippen MR) is 123 cm³/mol. The number of halogens is 1. The van der Waals surface area contributed by atoms with Gasteiger partial charge in [-0.3, -0.25) is 9.59 Å². The number of hydrogen-bond donors (Lipinski definition) is 1. The van der Waals surface area contributed by atoms with Crippen LogP contribution in [0.15, 0.2) is 48.5 Å². The molecule has 0 radical (unpaired) electrons. The van der Waals surface area contributed by atoms with Crippen molar-refractivity contribution in [1.82, 2.24) is 10.2 Å². The molecule has 0 aliphatic rings. The molecule has 4 nitrogen and oxygen atoms in total. The van der Waals surface area contributed by atoms with Gasteiger partial charge in [-0.25, -0.2) is 0 Å². The van der Waals surface area contributed by atoms with E-state index in [9.17, 15) is 9.59 Å². The average molecular weight is 429 g/mol. The maximum atomic E-state index is 13.3. The zero-order valence-corrected chi connectivity index (χ0v) is 19.2. The molecule has 0 spiro atoms. The monoisotopic (exact) mass is 428 g/mol. The van der Waals surface area contributed by atoms with Crippen molar-refractivity contribution in [2.24, 2.45) is 0 Å². The maximum Gasteiger partial charge on any atom is 0.243 e. The van der Waals surface area contributed by atoms with E-state index >= 15 is 0 Å². The Hall–Kier alpha value is -2.33. The predicted octanol–water partition coefficient (Wildman–Crippen LogP) is 5.30. The van der Waals surface area contributed by atoms with Gasteiger partial charge < -0.3 is 10.2 Å². The van der Waals surface area contributed by atoms with Gasteiger partial charge in [0, 0.05) is 24.0 Å². The van der Waals surface area contributed by atoms with E-state index in [-0.39, 0.29) is 17.9 Å². The van der Waals surface area contributed by atoms with Crippen molar-refractivity contribution in [2.45, 2.75) is 72.0 Å². The van der Waals surface area contributed by atoms with Gasteiger partial charge in [0.2, 0.25) is 11.8 Å². The van der Waals surface area contributed by atoms with Crippen molar-refractivity contribution in [3.63, 3.8) is 0 Å². The highest BCUT2D eigenvalue weighted by atomic mass is 35.5. The van der Waals surface area contributed by atoms with Crippen LogP contribution < -0.4 is 5.32 Å². The maximum absolute atomic E-state index is 13.3. The van der Waals surface area contributed by atoms with E-state index in [1.165, 1.54) is 0 Å². The summed E-state index contributed by atoms with van der Waals surface area (Å²) in [6.07, 6.45) is 2.27. The zero-order valence-electron chi connectivity index (χ0n) is 18.5. The van der Waals surface area contributed by atoms with Gasteiger partial charge >= 0.3 is 0 Å². The summed E-state index contributed by atoms with van der Waals surface area (Å²) in [4.78, 5) is 27.9. The number of nitrogens with one attached hydrogen (secondary N) is 1. The van der Waals surface area contributed by atoms with Crippen LogP contribution in [-0.4, -0.2) is 28.8 Å². The molecule has 1 N–H and O–H groups in total. The summed E-state index contributed by atoms with van der Waals surface area (Å²) in [6.45, 7) is 8.40. The lowest BCUT2D eigenvalue weighted by Gasteiger charge is -2.31. The highest BCUT2D eigenvalue weighted by Gasteiger charge is 2.29. The molecule has 0 aromatic heterocycles. The summed E-state index contributed by atoms with van der Waals surface area (Å²) in [5, 5.41) is 3.70. The van der Waals surface area contributed by atoms with E-state index in [0.717, 1.165) is 23.1 Å². The van der Waals surface area contributed by atoms with Gasteiger partial charge in [-0.2, -0.15) is 0 Å². The minimum Gasteiger partial charge on any atom is -0.352 e. The summed E-state index contributed by atoms with van der Waals surface area (Å²) >= 11 is 6.26. The fraction of sp³-hybridized carbons (Fsp3) is 0.440. The third-order valence-corrected chi connectivity index (χ3v) is 5.80. The van der Waals surface area contributed by atoms with Crippen LogP contribution in [0.2, 0.25) is 5.02 Å². The van der Waals surface area contributed by atoms with Gasteiger partial charge in [0.15, 0.2) is 0 Å². The zero-order chi connectivity index (χ0) is 22.1. The molecule has 2 aromatic carbocycles. The molecule has 2 rings (SSSR count). The summed E-state index contributed by atoms with van der Waals surface area (Å²) in [5.74, 6) is -0.133. The van der Waals surface area contributed by atoms with Crippen LogP contribution in [0.3, 0.4) is 0 Å². The summed E-state index contributed by atoms with van der Waals surface area (Å²) < 4.78 is 0. The van der Waals surface area contributed by atoms with Crippen LogP contribution in [0.4, 0.5) is 0 Å². The van der Waals surface area contributed by atoms with Crippen LogP contribution in [0, 0.1) is 6.92 Å². The van der Waals surface area contributed by atoms with Gasteiger partial charge in [0.05, 0.1) is 0 Å². The molecule has 0 saturated heterocycles. The first-order valence-electron chi connectivity index (χ1n) is 10.7. The number of carbonyl (C=O) groups is 2. The molecule has 2 aromatic rings. The van der Waals surface area contributed by atoms with Crippen LogP contribution in [0.5, 0.6) is 0 Å². The Morgan fingerprint density at radius 1 is 1.03 bits per heavy atom. The summed E-state index contributed by atoms with van der Waals surface area (Å²) in [5.41, 5.74) is 3.12. The van der Waals surface area contributed by atoms with E-state index < -0.39 is 6.04 Å². The lowest BCUT2D eigenvalue weighted by Crippen LogP contribution is -2.50. The van der Waals surface area contributed by atoms with Crippen LogP contribution in [-0.2, 0) is 22.6 Å². The molecular weight excluding hydrogens is 396 g/mol. The first-order valence-corrected chi connectivity index (χ1v) is 11.1. The Kier molecular flexibility index (Phi) is 9.38. The highest BCUT2D eigenvalue weighted by Crippen LogP contribution is 2.19. The topological polar surface area (TPSA) is 49.4 Å². The van der Waals surface area contributed by atoms with Gasteiger partial charge in [0.25, 0.3) is 0 Å². The van der Waals surface area contributed by atoms with Crippen molar-refractivity contribution in [3.8, 4) is 0 Å². The van der Waals surface area contributed by atoms with E-state index in [4.69, 9.17) is 11.6 Å². The molecule has 5 heteroatoms. The van der Waals surface area contributed by atoms with Crippen molar-refractivity contribution in [3.05, 3.63) is 70.2 Å². The summed E-state index contributed by atoms with van der Waals surface area (Å²) in [6, 6.07) is 15.2. The second kappa shape index (κ2) is 11.8. The number of rotatable bonds is 10. The molecule has 0 unspecified atom stereocenters. The normalized spacial score (nSPS) is 12.8. The molecule has 0 aliphatic heterocycles. The largest absolute Gasteiger partial charge is 0.352 e. The Morgan fingerprint density at radius 3 is 2.30 bits per heavy atom. The van der Waals surface area contributed by atoms with Crippen molar-refractivity contribution in [2.75, 3.05) is 0 Å². The van der Waals surface area contributed by atoms with Crippen LogP contribution in [0.25, 0.3) is 0 Å². The fourth-order valence-corrected chi connectivity index (χ4v) is 3.57. The SMILES string of the molecule is CC[C@@H](C)NC(=O)[C@@H](CC)N(Cc1ccc(C)cc1)C(=O)CCc1ccccc1Cl. The van der Waals surface area contributed by atoms with E-state index in [0.29, 0.717) is 30.8 Å². The van der Waals surface area contributed by atoms with Crippen molar-refractivity contribution in [1.29, 1.82) is 0 Å². The molecule has 0 bridgehead atoms. The van der Waals surface area contributed by atoms with Crippen molar-refractivity contribution < 1.29 is 9.59 Å². The van der Waals surface area contributed by atoms with E-state index in [1.54, 1.807) is 4.90 Å². The second-order valence-corrected chi connectivity index (χ2v) is 8.25. The standard InChI is InChI=1S/C25H33ClN2O2/c1-5-19(4)27-25(30)23(6-2)28(17-20-13-11-18(3)12-14-20)24(29)16-15-21-9-7-8-10-22(21)26/h7-14,19,23H,5-6,15-17H2,1-4H3,(H,27,30)/t19-,23-/m1/s1. The van der Waals surface area contributed by atoms with E-state index in [1.807, 2.05) is 76.2 Å². The van der Waals surface area contributed by atoms with Crippen LogP contribution >= 0.6 is 11.6 Å². The molecule has 30 heavy (non-hydrogen) atoms. The minimum atomic E-state index is -0.501. The highest BCUT2D eigenvalue weighted by molar-refractivity contribution is 6.31. The molecule has 0 aliphatic carbocycles. The Morgan fingerprint density at radius 2 is 1.70 bits per heavy atom. The number of hydrogen-bond acceptors (Lipinski definition) is 2. The molecular formula is C25H33ClN2O2. The molecule has 0 heterocycles. The minimum absolute atomic E-state index is 0.0401. The Bertz CT molecular complexity index is 835.